The second-order valence-electron chi connectivity index (χ2n) is 10.6. The van der Waals surface area contributed by atoms with Gasteiger partial charge in [0.2, 0.25) is 0 Å². The van der Waals surface area contributed by atoms with Crippen LogP contribution in [-0.2, 0) is 10.3 Å². The summed E-state index contributed by atoms with van der Waals surface area (Å²) in [7, 11) is 0. The maximum atomic E-state index is 15.7. The number of benzene rings is 4. The van der Waals surface area contributed by atoms with E-state index in [-0.39, 0.29) is 17.5 Å². The van der Waals surface area contributed by atoms with Crippen molar-refractivity contribution in [2.75, 3.05) is 6.61 Å². The van der Waals surface area contributed by atoms with Gasteiger partial charge in [0.25, 0.3) is 5.69 Å². The van der Waals surface area contributed by atoms with Gasteiger partial charge in [-0.2, -0.15) is 0 Å². The molecule has 212 valence electrons. The molecule has 1 fully saturated rings. The predicted octanol–water partition coefficient (Wildman–Crippen LogP) is 9.51. The lowest BCUT2D eigenvalue weighted by Crippen LogP contribution is -2.47. The summed E-state index contributed by atoms with van der Waals surface area (Å²) >= 11 is 6.14. The number of ether oxygens (including phenoxy) is 2. The molecule has 3 aliphatic rings. The third kappa shape index (κ3) is 5.30. The highest BCUT2D eigenvalue weighted by Gasteiger charge is 2.52. The lowest BCUT2D eigenvalue weighted by atomic mass is 9.60. The SMILES string of the molecule is C1=CCOC=C1.O=[N+]([O-])c1ccc(OC2(c3ccc(Cl)cc3F)CCCC3C=Cc4c(ccc5ccccc45)C32)cc1. The van der Waals surface area contributed by atoms with Crippen molar-refractivity contribution < 1.29 is 18.8 Å². The van der Waals surface area contributed by atoms with Gasteiger partial charge in [-0.05, 0) is 83.5 Å². The fourth-order valence-corrected chi connectivity index (χ4v) is 6.60. The van der Waals surface area contributed by atoms with Gasteiger partial charge in [0, 0.05) is 28.6 Å². The van der Waals surface area contributed by atoms with Crippen molar-refractivity contribution in [2.45, 2.75) is 30.8 Å². The Kier molecular flexibility index (Phi) is 7.81. The summed E-state index contributed by atoms with van der Waals surface area (Å²) in [5, 5.41) is 13.8. The number of nitro benzene ring substituents is 1. The molecule has 3 atom stereocenters. The highest BCUT2D eigenvalue weighted by molar-refractivity contribution is 6.30. The molecule has 0 bridgehead atoms. The van der Waals surface area contributed by atoms with Gasteiger partial charge < -0.3 is 9.47 Å². The number of rotatable bonds is 4. The molecule has 42 heavy (non-hydrogen) atoms. The molecule has 1 heterocycles. The smallest absolute Gasteiger partial charge is 0.269 e. The minimum atomic E-state index is -1.02. The predicted molar refractivity (Wildman–Crippen MR) is 164 cm³/mol. The molecule has 7 heteroatoms. The molecule has 1 saturated carbocycles. The molecule has 7 rings (SSSR count). The minimum absolute atomic E-state index is 0.0204. The van der Waals surface area contributed by atoms with Gasteiger partial charge in [-0.1, -0.05) is 72.3 Å². The van der Waals surface area contributed by atoms with Crippen LogP contribution in [0.4, 0.5) is 10.1 Å². The fourth-order valence-electron chi connectivity index (χ4n) is 6.44. The molecule has 0 N–H and O–H groups in total. The van der Waals surface area contributed by atoms with Crippen LogP contribution < -0.4 is 4.74 Å². The van der Waals surface area contributed by atoms with Crippen LogP contribution in [0.25, 0.3) is 16.8 Å². The zero-order valence-electron chi connectivity index (χ0n) is 22.8. The van der Waals surface area contributed by atoms with E-state index in [4.69, 9.17) is 21.1 Å². The number of nitrogens with zero attached hydrogens (tertiary/aromatic N) is 1. The van der Waals surface area contributed by atoms with Crippen LogP contribution in [-0.4, -0.2) is 11.5 Å². The van der Waals surface area contributed by atoms with Gasteiger partial charge >= 0.3 is 0 Å². The summed E-state index contributed by atoms with van der Waals surface area (Å²) in [5.74, 6) is 0.0525. The van der Waals surface area contributed by atoms with E-state index in [1.165, 1.54) is 18.2 Å². The van der Waals surface area contributed by atoms with E-state index < -0.39 is 16.3 Å². The van der Waals surface area contributed by atoms with E-state index in [1.807, 2.05) is 30.4 Å². The maximum absolute atomic E-state index is 15.7. The van der Waals surface area contributed by atoms with Crippen molar-refractivity contribution >= 4 is 34.1 Å². The van der Waals surface area contributed by atoms with Crippen molar-refractivity contribution in [3.05, 3.63) is 147 Å². The molecule has 0 saturated heterocycles. The topological polar surface area (TPSA) is 61.6 Å². The van der Waals surface area contributed by atoms with Crippen molar-refractivity contribution in [1.82, 2.24) is 0 Å². The van der Waals surface area contributed by atoms with E-state index in [0.29, 0.717) is 22.8 Å². The summed E-state index contributed by atoms with van der Waals surface area (Å²) < 4.78 is 27.3. The standard InChI is InChI=1S/C30H23ClFNO3.C5H6O/c31-21-9-16-27(28(32)18-21)30(36-23-12-10-22(11-13-23)33(34)35)17-3-5-20-8-14-25-24-6-2-1-4-19(24)7-15-26(25)29(20)30;1-2-4-6-5-3-1/h1-2,4,6-16,18,20,29H,3,5,17H2;1-4H,5H2. The Hall–Kier alpha value is -4.42. The van der Waals surface area contributed by atoms with Gasteiger partial charge in [0.1, 0.15) is 23.8 Å². The zero-order valence-corrected chi connectivity index (χ0v) is 23.5. The first-order chi connectivity index (χ1) is 20.5. The average Bonchev–Trinajstić information content (AvgIpc) is 3.02. The van der Waals surface area contributed by atoms with Crippen LogP contribution in [0.15, 0.2) is 109 Å². The number of non-ortho nitro benzene ring substituents is 1. The Balaban J connectivity index is 0.000000470. The van der Waals surface area contributed by atoms with E-state index in [2.05, 4.69) is 36.4 Å². The van der Waals surface area contributed by atoms with E-state index in [9.17, 15) is 10.1 Å². The quantitative estimate of drug-likeness (QED) is 0.178. The molecular formula is C35H29ClFNO4. The molecule has 1 aliphatic heterocycles. The Morgan fingerprint density at radius 3 is 2.55 bits per heavy atom. The number of allylic oxidation sites excluding steroid dienone is 3. The molecule has 0 radical (unpaired) electrons. The Morgan fingerprint density at radius 2 is 1.86 bits per heavy atom. The molecular weight excluding hydrogens is 553 g/mol. The van der Waals surface area contributed by atoms with Crippen molar-refractivity contribution in [2.24, 2.45) is 5.92 Å². The van der Waals surface area contributed by atoms with Gasteiger partial charge in [0.15, 0.2) is 0 Å². The first-order valence-electron chi connectivity index (χ1n) is 14.0. The third-order valence-corrected chi connectivity index (χ3v) is 8.45. The van der Waals surface area contributed by atoms with Crippen LogP contribution >= 0.6 is 11.6 Å². The van der Waals surface area contributed by atoms with Gasteiger partial charge in [0.05, 0.1) is 11.2 Å². The van der Waals surface area contributed by atoms with Gasteiger partial charge in [-0.15, -0.1) is 0 Å². The van der Waals surface area contributed by atoms with E-state index >= 15 is 4.39 Å². The summed E-state index contributed by atoms with van der Waals surface area (Å²) in [6.07, 6.45) is 14.3. The summed E-state index contributed by atoms with van der Waals surface area (Å²) in [6, 6.07) is 23.3. The summed E-state index contributed by atoms with van der Waals surface area (Å²) in [6.45, 7) is 0.733. The average molecular weight is 582 g/mol. The second kappa shape index (κ2) is 11.8. The van der Waals surface area contributed by atoms with Crippen molar-refractivity contribution in [1.29, 1.82) is 0 Å². The molecule has 5 nitrogen and oxygen atoms in total. The molecule has 3 unspecified atom stereocenters. The summed E-state index contributed by atoms with van der Waals surface area (Å²) in [5.41, 5.74) is 1.66. The van der Waals surface area contributed by atoms with Crippen LogP contribution in [0.1, 0.15) is 41.9 Å². The zero-order chi connectivity index (χ0) is 29.1. The number of nitro groups is 1. The number of hydrogen-bond donors (Lipinski definition) is 0. The highest BCUT2D eigenvalue weighted by atomic mass is 35.5. The van der Waals surface area contributed by atoms with Crippen LogP contribution in [0, 0.1) is 21.8 Å². The van der Waals surface area contributed by atoms with Crippen LogP contribution in [0.2, 0.25) is 5.02 Å². The van der Waals surface area contributed by atoms with Crippen molar-refractivity contribution in [3.8, 4) is 5.75 Å². The molecule has 2 aliphatic carbocycles. The Labute approximate surface area is 248 Å². The Morgan fingerprint density at radius 1 is 1.02 bits per heavy atom. The largest absolute Gasteiger partial charge is 0.497 e. The molecule has 0 aromatic heterocycles. The van der Waals surface area contributed by atoms with Crippen LogP contribution in [0.3, 0.4) is 0 Å². The van der Waals surface area contributed by atoms with Crippen molar-refractivity contribution in [3.63, 3.8) is 0 Å². The van der Waals surface area contributed by atoms with E-state index in [0.717, 1.165) is 41.3 Å². The molecule has 4 aromatic rings. The molecule has 0 spiro atoms. The fraction of sp³-hybridized carbons (Fsp3) is 0.200. The summed E-state index contributed by atoms with van der Waals surface area (Å²) in [4.78, 5) is 10.7. The minimum Gasteiger partial charge on any atom is -0.497 e. The molecule has 0 amide bonds. The van der Waals surface area contributed by atoms with Crippen LogP contribution in [0.5, 0.6) is 5.75 Å². The first-order valence-corrected chi connectivity index (χ1v) is 14.4. The number of halogens is 2. The monoisotopic (exact) mass is 581 g/mol. The van der Waals surface area contributed by atoms with Gasteiger partial charge in [-0.3, -0.25) is 10.1 Å². The highest BCUT2D eigenvalue weighted by Crippen LogP contribution is 2.56. The normalized spacial score (nSPS) is 21.9. The molecule has 4 aromatic carbocycles. The number of hydrogen-bond acceptors (Lipinski definition) is 4. The first kappa shape index (κ1) is 27.7. The van der Waals surface area contributed by atoms with Gasteiger partial charge in [-0.25, -0.2) is 4.39 Å². The Bertz CT molecular complexity index is 1700. The lowest BCUT2D eigenvalue weighted by Gasteiger charge is -2.49. The second-order valence-corrected chi connectivity index (χ2v) is 11.1. The maximum Gasteiger partial charge on any atom is 0.269 e. The van der Waals surface area contributed by atoms with E-state index in [1.54, 1.807) is 30.5 Å². The lowest BCUT2D eigenvalue weighted by molar-refractivity contribution is -0.384. The number of fused-ring (bicyclic) bond motifs is 5. The third-order valence-electron chi connectivity index (χ3n) is 8.21.